The Morgan fingerprint density at radius 1 is 1.25 bits per heavy atom. The van der Waals surface area contributed by atoms with Crippen molar-refractivity contribution in [3.8, 4) is 0 Å². The standard InChI is InChI=1S/C25H31ClN4O2.2CH2O/c1-19-16-20(17-26)8-9-21(19)10-13-28-23-7-5-14-30(25(23)32)18-24(31)29(2)15-11-22-6-3-4-12-27-22;2*1-2/h3-4,6,8-10,12-13,16,23,28H,5,7,11,14-15,17-18H2,1-2H3;2*1H2/b13-10+;;. The Hall–Kier alpha value is -3.52. The maximum Gasteiger partial charge on any atom is 0.245 e. The quantitative estimate of drug-likeness (QED) is 0.516. The van der Waals surface area contributed by atoms with Crippen LogP contribution in [0.1, 0.15) is 35.2 Å². The average Bonchev–Trinajstić information content (AvgIpc) is 2.93. The Labute approximate surface area is 218 Å². The lowest BCUT2D eigenvalue weighted by Gasteiger charge is -2.33. The normalized spacial score (nSPS) is 14.8. The molecule has 3 rings (SSSR count). The van der Waals surface area contributed by atoms with Crippen LogP contribution in [0.2, 0.25) is 0 Å². The highest BCUT2D eigenvalue weighted by Gasteiger charge is 2.29. The molecular formula is C27H35ClN4O4. The highest BCUT2D eigenvalue weighted by atomic mass is 35.5. The van der Waals surface area contributed by atoms with Crippen molar-refractivity contribution in [3.05, 3.63) is 71.2 Å². The van der Waals surface area contributed by atoms with E-state index in [-0.39, 0.29) is 24.4 Å². The van der Waals surface area contributed by atoms with Crippen molar-refractivity contribution in [2.75, 3.05) is 26.7 Å². The van der Waals surface area contributed by atoms with Gasteiger partial charge in [-0.1, -0.05) is 24.3 Å². The number of halogens is 1. The summed E-state index contributed by atoms with van der Waals surface area (Å²) in [5, 5.41) is 3.22. The Morgan fingerprint density at radius 2 is 2.00 bits per heavy atom. The van der Waals surface area contributed by atoms with Crippen LogP contribution >= 0.6 is 11.6 Å². The summed E-state index contributed by atoms with van der Waals surface area (Å²) in [7, 11) is 1.77. The van der Waals surface area contributed by atoms with Crippen LogP contribution in [0.3, 0.4) is 0 Å². The molecule has 1 unspecified atom stereocenters. The first kappa shape index (κ1) is 30.5. The van der Waals surface area contributed by atoms with Gasteiger partial charge in [0.25, 0.3) is 0 Å². The van der Waals surface area contributed by atoms with Gasteiger partial charge in [0.1, 0.15) is 19.6 Å². The number of hydrogen-bond acceptors (Lipinski definition) is 6. The van der Waals surface area contributed by atoms with Crippen LogP contribution in [0.4, 0.5) is 0 Å². The Kier molecular flexibility index (Phi) is 14.4. The minimum absolute atomic E-state index is 0.0263. The molecule has 0 aliphatic carbocycles. The van der Waals surface area contributed by atoms with Gasteiger partial charge in [-0.3, -0.25) is 14.6 Å². The number of rotatable bonds is 9. The molecule has 1 saturated heterocycles. The third-order valence-electron chi connectivity index (χ3n) is 5.76. The van der Waals surface area contributed by atoms with Crippen molar-refractivity contribution in [2.45, 2.75) is 38.1 Å². The van der Waals surface area contributed by atoms with Crippen LogP contribution in [0.15, 0.2) is 48.8 Å². The lowest BCUT2D eigenvalue weighted by atomic mass is 10.0. The van der Waals surface area contributed by atoms with Gasteiger partial charge < -0.3 is 24.7 Å². The van der Waals surface area contributed by atoms with E-state index in [2.05, 4.69) is 16.4 Å². The molecule has 9 heteroatoms. The van der Waals surface area contributed by atoms with E-state index in [1.165, 1.54) is 0 Å². The van der Waals surface area contributed by atoms with E-state index in [4.69, 9.17) is 21.2 Å². The topological polar surface area (TPSA) is 99.7 Å². The van der Waals surface area contributed by atoms with E-state index in [9.17, 15) is 9.59 Å². The number of nitrogens with zero attached hydrogens (tertiary/aromatic N) is 3. The van der Waals surface area contributed by atoms with Crippen LogP contribution in [0.25, 0.3) is 6.08 Å². The predicted molar refractivity (Wildman–Crippen MR) is 142 cm³/mol. The maximum absolute atomic E-state index is 12.9. The summed E-state index contributed by atoms with van der Waals surface area (Å²) in [6.07, 6.45) is 7.86. The Bertz CT molecular complexity index is 985. The number of alkyl halides is 1. The fourth-order valence-corrected chi connectivity index (χ4v) is 3.92. The molecule has 1 aromatic carbocycles. The molecule has 0 bridgehead atoms. The number of nitrogens with one attached hydrogen (secondary N) is 1. The molecule has 2 amide bonds. The van der Waals surface area contributed by atoms with Gasteiger partial charge >= 0.3 is 0 Å². The summed E-state index contributed by atoms with van der Waals surface area (Å²) in [5.74, 6) is 0.411. The van der Waals surface area contributed by atoms with E-state index in [0.29, 0.717) is 25.4 Å². The Morgan fingerprint density at radius 3 is 2.64 bits per heavy atom. The molecule has 36 heavy (non-hydrogen) atoms. The number of aryl methyl sites for hydroxylation is 1. The van der Waals surface area contributed by atoms with E-state index in [0.717, 1.165) is 35.2 Å². The molecule has 0 radical (unpaired) electrons. The van der Waals surface area contributed by atoms with Crippen LogP contribution in [-0.2, 0) is 31.5 Å². The van der Waals surface area contributed by atoms with Crippen molar-refractivity contribution in [1.29, 1.82) is 0 Å². The fourth-order valence-electron chi connectivity index (χ4n) is 3.75. The molecule has 8 nitrogen and oxygen atoms in total. The zero-order valence-corrected chi connectivity index (χ0v) is 21.7. The average molecular weight is 515 g/mol. The second kappa shape index (κ2) is 17.0. The number of hydrogen-bond donors (Lipinski definition) is 1. The second-order valence-electron chi connectivity index (χ2n) is 8.17. The molecule has 1 fully saturated rings. The van der Waals surface area contributed by atoms with Gasteiger partial charge in [0.2, 0.25) is 11.8 Å². The van der Waals surface area contributed by atoms with E-state index < -0.39 is 0 Å². The smallest absolute Gasteiger partial charge is 0.245 e. The first-order valence-corrected chi connectivity index (χ1v) is 12.1. The molecule has 0 saturated carbocycles. The van der Waals surface area contributed by atoms with Gasteiger partial charge in [0.05, 0.1) is 6.54 Å². The summed E-state index contributed by atoms with van der Waals surface area (Å²) in [5.41, 5.74) is 4.25. The molecule has 1 N–H and O–H groups in total. The molecule has 2 aromatic rings. The summed E-state index contributed by atoms with van der Waals surface area (Å²) in [6.45, 7) is 7.33. The second-order valence-corrected chi connectivity index (χ2v) is 8.43. The molecule has 0 spiro atoms. The van der Waals surface area contributed by atoms with E-state index in [1.807, 2.05) is 63.1 Å². The van der Waals surface area contributed by atoms with Gasteiger partial charge in [-0.15, -0.1) is 11.6 Å². The third-order valence-corrected chi connectivity index (χ3v) is 6.07. The number of pyridine rings is 1. The number of aromatic nitrogens is 1. The van der Waals surface area contributed by atoms with Gasteiger partial charge in [-0.25, -0.2) is 0 Å². The van der Waals surface area contributed by atoms with Gasteiger partial charge in [0.15, 0.2) is 0 Å². The molecule has 1 aliphatic heterocycles. The maximum atomic E-state index is 12.9. The zero-order chi connectivity index (χ0) is 26.9. The van der Waals surface area contributed by atoms with E-state index in [1.54, 1.807) is 23.0 Å². The minimum atomic E-state index is -0.311. The molecule has 194 valence electrons. The number of likely N-dealkylation sites (N-methyl/N-ethyl adjacent to an activating group) is 1. The number of likely N-dealkylation sites (tertiary alicyclic amines) is 1. The van der Waals surface area contributed by atoms with Crippen molar-refractivity contribution < 1.29 is 19.2 Å². The lowest BCUT2D eigenvalue weighted by molar-refractivity contribution is -0.142. The van der Waals surface area contributed by atoms with E-state index >= 15 is 0 Å². The zero-order valence-electron chi connectivity index (χ0n) is 21.0. The molecule has 1 atom stereocenters. The Balaban J connectivity index is 0.00000154. The number of amides is 2. The molecule has 1 aromatic heterocycles. The number of carbonyl (C=O) groups excluding carboxylic acids is 4. The molecule has 2 heterocycles. The minimum Gasteiger partial charge on any atom is -0.380 e. The summed E-state index contributed by atoms with van der Waals surface area (Å²) >= 11 is 5.89. The van der Waals surface area contributed by atoms with Crippen molar-refractivity contribution in [2.24, 2.45) is 0 Å². The summed E-state index contributed by atoms with van der Waals surface area (Å²) < 4.78 is 0. The van der Waals surface area contributed by atoms with Crippen LogP contribution in [-0.4, -0.2) is 72.9 Å². The van der Waals surface area contributed by atoms with Gasteiger partial charge in [-0.2, -0.15) is 0 Å². The van der Waals surface area contributed by atoms with Crippen molar-refractivity contribution in [1.82, 2.24) is 20.1 Å². The lowest BCUT2D eigenvalue weighted by Crippen LogP contribution is -2.52. The first-order chi connectivity index (χ1) is 17.5. The van der Waals surface area contributed by atoms with Gasteiger partial charge in [0, 0.05) is 44.3 Å². The van der Waals surface area contributed by atoms with Crippen LogP contribution in [0.5, 0.6) is 0 Å². The van der Waals surface area contributed by atoms with Crippen molar-refractivity contribution in [3.63, 3.8) is 0 Å². The summed E-state index contributed by atoms with van der Waals surface area (Å²) in [6, 6.07) is 11.5. The summed E-state index contributed by atoms with van der Waals surface area (Å²) in [4.78, 5) is 49.2. The SMILES string of the molecule is C=O.C=O.Cc1cc(CCl)ccc1/C=C/NC1CCCN(CC(=O)N(C)CCc2ccccn2)C1=O. The van der Waals surface area contributed by atoms with Gasteiger partial charge in [-0.05, 0) is 60.9 Å². The number of benzene rings is 1. The molecular weight excluding hydrogens is 480 g/mol. The highest BCUT2D eigenvalue weighted by molar-refractivity contribution is 6.17. The monoisotopic (exact) mass is 514 g/mol. The van der Waals surface area contributed by atoms with Crippen LogP contribution in [0, 0.1) is 6.92 Å². The number of piperidine rings is 1. The molecule has 1 aliphatic rings. The number of carbonyl (C=O) groups is 4. The van der Waals surface area contributed by atoms with Crippen LogP contribution < -0.4 is 5.32 Å². The largest absolute Gasteiger partial charge is 0.380 e. The fraction of sp³-hybridized carbons (Fsp3) is 0.370. The first-order valence-electron chi connectivity index (χ1n) is 11.6. The van der Waals surface area contributed by atoms with Crippen molar-refractivity contribution >= 4 is 43.1 Å². The third kappa shape index (κ3) is 9.62. The highest BCUT2D eigenvalue weighted by Crippen LogP contribution is 2.15. The predicted octanol–water partition coefficient (Wildman–Crippen LogP) is 3.01.